The highest BCUT2D eigenvalue weighted by Gasteiger charge is 2.32. The number of rotatable bonds is 4. The fourth-order valence-electron chi connectivity index (χ4n) is 3.36. The molecule has 0 atom stereocenters. The van der Waals surface area contributed by atoms with E-state index in [1.807, 2.05) is 54.7 Å². The Kier molecular flexibility index (Phi) is 5.15. The van der Waals surface area contributed by atoms with E-state index in [0.29, 0.717) is 15.8 Å². The van der Waals surface area contributed by atoms with Crippen LogP contribution in [0.25, 0.3) is 11.8 Å². The molecule has 0 unspecified atom stereocenters. The first kappa shape index (κ1) is 18.7. The number of nitrogens with zero attached hydrogens (tertiary/aromatic N) is 3. The number of hydrogen-bond acceptors (Lipinski definition) is 4. The molecule has 4 nitrogen and oxygen atoms in total. The summed E-state index contributed by atoms with van der Waals surface area (Å²) in [5.41, 5.74) is 5.25. The standard InChI is InChI=1S/C22H19N3OS2/c1-15-11-18(16(2)25(15)19-9-6-10-23-13-19)12-20-21(26)24(22(27)28-20)14-17-7-4-3-5-8-17/h3-13H,14H2,1-2H3/b20-12+. The van der Waals surface area contributed by atoms with Crippen LogP contribution in [0.1, 0.15) is 22.5 Å². The van der Waals surface area contributed by atoms with Crippen molar-refractivity contribution in [1.29, 1.82) is 0 Å². The van der Waals surface area contributed by atoms with Crippen molar-refractivity contribution in [3.05, 3.63) is 88.3 Å². The molecule has 0 saturated carbocycles. The highest BCUT2D eigenvalue weighted by Crippen LogP contribution is 2.34. The highest BCUT2D eigenvalue weighted by molar-refractivity contribution is 8.26. The third-order valence-electron chi connectivity index (χ3n) is 4.72. The average Bonchev–Trinajstić information content (AvgIpc) is 3.13. The summed E-state index contributed by atoms with van der Waals surface area (Å²) in [6.45, 7) is 4.60. The van der Waals surface area contributed by atoms with E-state index < -0.39 is 0 Å². The molecule has 1 aliphatic heterocycles. The van der Waals surface area contributed by atoms with Gasteiger partial charge in [0.2, 0.25) is 0 Å². The van der Waals surface area contributed by atoms with Crippen molar-refractivity contribution in [3.63, 3.8) is 0 Å². The summed E-state index contributed by atoms with van der Waals surface area (Å²) in [7, 11) is 0. The van der Waals surface area contributed by atoms with Crippen LogP contribution in [0.2, 0.25) is 0 Å². The molecule has 4 rings (SSSR count). The lowest BCUT2D eigenvalue weighted by molar-refractivity contribution is -0.122. The van der Waals surface area contributed by atoms with Crippen molar-refractivity contribution in [1.82, 2.24) is 14.5 Å². The van der Waals surface area contributed by atoms with Gasteiger partial charge in [-0.25, -0.2) is 0 Å². The van der Waals surface area contributed by atoms with E-state index in [1.165, 1.54) is 11.8 Å². The zero-order chi connectivity index (χ0) is 19.7. The monoisotopic (exact) mass is 405 g/mol. The average molecular weight is 406 g/mol. The van der Waals surface area contributed by atoms with Crippen LogP contribution in [-0.2, 0) is 11.3 Å². The summed E-state index contributed by atoms with van der Waals surface area (Å²) in [6.07, 6.45) is 5.54. The van der Waals surface area contributed by atoms with Gasteiger partial charge in [0.15, 0.2) is 0 Å². The molecule has 0 spiro atoms. The number of aromatic nitrogens is 2. The number of amides is 1. The molecule has 1 aliphatic rings. The van der Waals surface area contributed by atoms with E-state index in [1.54, 1.807) is 11.1 Å². The lowest BCUT2D eigenvalue weighted by Crippen LogP contribution is -2.27. The Balaban J connectivity index is 1.63. The molecule has 6 heteroatoms. The minimum atomic E-state index is -0.0370. The topological polar surface area (TPSA) is 38.1 Å². The van der Waals surface area contributed by atoms with Crippen LogP contribution >= 0.6 is 24.0 Å². The second kappa shape index (κ2) is 7.73. The Morgan fingerprint density at radius 2 is 1.93 bits per heavy atom. The van der Waals surface area contributed by atoms with Crippen molar-refractivity contribution >= 4 is 40.3 Å². The molecule has 0 bridgehead atoms. The van der Waals surface area contributed by atoms with Gasteiger partial charge in [0, 0.05) is 17.6 Å². The maximum Gasteiger partial charge on any atom is 0.266 e. The quantitative estimate of drug-likeness (QED) is 0.458. The Bertz CT molecular complexity index is 1070. The smallest absolute Gasteiger partial charge is 0.266 e. The largest absolute Gasteiger partial charge is 0.316 e. The minimum absolute atomic E-state index is 0.0370. The van der Waals surface area contributed by atoms with Crippen LogP contribution in [0, 0.1) is 13.8 Å². The van der Waals surface area contributed by atoms with Crippen LogP contribution in [0.3, 0.4) is 0 Å². The van der Waals surface area contributed by atoms with Gasteiger partial charge in [0.05, 0.1) is 23.3 Å². The minimum Gasteiger partial charge on any atom is -0.316 e. The SMILES string of the molecule is Cc1cc(/C=C2/SC(=S)N(Cc3ccccc3)C2=O)c(C)n1-c1cccnc1. The fraction of sp³-hybridized carbons (Fsp3) is 0.136. The third-order valence-corrected chi connectivity index (χ3v) is 6.10. The molecule has 3 aromatic rings. The normalized spacial score (nSPS) is 15.6. The van der Waals surface area contributed by atoms with Crippen LogP contribution in [0.5, 0.6) is 0 Å². The summed E-state index contributed by atoms with van der Waals surface area (Å²) in [5.74, 6) is -0.0370. The number of carbonyl (C=O) groups is 1. The lowest BCUT2D eigenvalue weighted by atomic mass is 10.2. The van der Waals surface area contributed by atoms with Gasteiger partial charge < -0.3 is 4.57 Å². The van der Waals surface area contributed by atoms with E-state index in [-0.39, 0.29) is 5.91 Å². The van der Waals surface area contributed by atoms with Gasteiger partial charge in [-0.15, -0.1) is 0 Å². The predicted octanol–water partition coefficient (Wildman–Crippen LogP) is 4.89. The molecule has 0 N–H and O–H groups in total. The van der Waals surface area contributed by atoms with Crippen molar-refractivity contribution in [2.75, 3.05) is 0 Å². The molecule has 2 aromatic heterocycles. The van der Waals surface area contributed by atoms with E-state index in [0.717, 1.165) is 28.2 Å². The molecule has 140 valence electrons. The second-order valence-electron chi connectivity index (χ2n) is 6.63. The van der Waals surface area contributed by atoms with E-state index in [2.05, 4.69) is 29.5 Å². The maximum atomic E-state index is 12.9. The van der Waals surface area contributed by atoms with Gasteiger partial charge in [-0.2, -0.15) is 0 Å². The number of aryl methyl sites for hydroxylation is 1. The zero-order valence-electron chi connectivity index (χ0n) is 15.6. The Morgan fingerprint density at radius 1 is 1.14 bits per heavy atom. The zero-order valence-corrected chi connectivity index (χ0v) is 17.3. The first-order chi connectivity index (χ1) is 13.5. The first-order valence-electron chi connectivity index (χ1n) is 8.93. The van der Waals surface area contributed by atoms with Crippen molar-refractivity contribution < 1.29 is 4.79 Å². The summed E-state index contributed by atoms with van der Waals surface area (Å²) in [6, 6.07) is 15.9. The molecular formula is C22H19N3OS2. The Hall–Kier alpha value is -2.70. The van der Waals surface area contributed by atoms with Crippen molar-refractivity contribution in [2.45, 2.75) is 20.4 Å². The summed E-state index contributed by atoms with van der Waals surface area (Å²) in [4.78, 5) is 19.5. The Morgan fingerprint density at radius 3 is 2.64 bits per heavy atom. The van der Waals surface area contributed by atoms with Crippen molar-refractivity contribution in [2.24, 2.45) is 0 Å². The van der Waals surface area contributed by atoms with Crippen molar-refractivity contribution in [3.8, 4) is 5.69 Å². The first-order valence-corrected chi connectivity index (χ1v) is 10.2. The summed E-state index contributed by atoms with van der Waals surface area (Å²) >= 11 is 6.83. The van der Waals surface area contributed by atoms with Gasteiger partial charge in [-0.05, 0) is 49.2 Å². The third kappa shape index (κ3) is 3.53. The van der Waals surface area contributed by atoms with E-state index in [4.69, 9.17) is 12.2 Å². The van der Waals surface area contributed by atoms with Gasteiger partial charge in [0.1, 0.15) is 4.32 Å². The summed E-state index contributed by atoms with van der Waals surface area (Å²) in [5, 5.41) is 0. The van der Waals surface area contributed by atoms with Gasteiger partial charge in [0.25, 0.3) is 5.91 Å². The maximum absolute atomic E-state index is 12.9. The van der Waals surface area contributed by atoms with Gasteiger partial charge >= 0.3 is 0 Å². The van der Waals surface area contributed by atoms with E-state index >= 15 is 0 Å². The fourth-order valence-corrected chi connectivity index (χ4v) is 4.61. The molecular weight excluding hydrogens is 386 g/mol. The molecule has 3 heterocycles. The lowest BCUT2D eigenvalue weighted by Gasteiger charge is -2.14. The summed E-state index contributed by atoms with van der Waals surface area (Å²) < 4.78 is 2.74. The molecule has 1 saturated heterocycles. The number of hydrogen-bond donors (Lipinski definition) is 0. The van der Waals surface area contributed by atoms with Crippen LogP contribution in [-0.4, -0.2) is 24.7 Å². The molecule has 1 aromatic carbocycles. The highest BCUT2D eigenvalue weighted by atomic mass is 32.2. The molecule has 0 aliphatic carbocycles. The number of pyridine rings is 1. The second-order valence-corrected chi connectivity index (χ2v) is 8.30. The predicted molar refractivity (Wildman–Crippen MR) is 118 cm³/mol. The van der Waals surface area contributed by atoms with Crippen LogP contribution < -0.4 is 0 Å². The number of thioether (sulfide) groups is 1. The molecule has 1 fully saturated rings. The van der Waals surface area contributed by atoms with Crippen LogP contribution in [0.4, 0.5) is 0 Å². The number of thiocarbonyl (C=S) groups is 1. The van der Waals surface area contributed by atoms with E-state index in [9.17, 15) is 4.79 Å². The Labute approximate surface area is 173 Å². The molecule has 0 radical (unpaired) electrons. The van der Waals surface area contributed by atoms with Crippen LogP contribution in [0.15, 0.2) is 65.8 Å². The molecule has 1 amide bonds. The number of benzene rings is 1. The molecule has 28 heavy (non-hydrogen) atoms. The number of carbonyl (C=O) groups excluding carboxylic acids is 1. The van der Waals surface area contributed by atoms with Gasteiger partial charge in [-0.1, -0.05) is 54.3 Å². The van der Waals surface area contributed by atoms with Gasteiger partial charge in [-0.3, -0.25) is 14.7 Å².